The van der Waals surface area contributed by atoms with E-state index in [9.17, 15) is 9.59 Å². The summed E-state index contributed by atoms with van der Waals surface area (Å²) in [6.07, 6.45) is 2.76. The summed E-state index contributed by atoms with van der Waals surface area (Å²) in [6, 6.07) is 5.51. The number of carbonyl (C=O) groups excluding carboxylic acids is 2. The number of hydrogen-bond acceptors (Lipinski definition) is 9. The first-order valence-electron chi connectivity index (χ1n) is 9.72. The summed E-state index contributed by atoms with van der Waals surface area (Å²) >= 11 is 1.42. The zero-order valence-corrected chi connectivity index (χ0v) is 17.9. The van der Waals surface area contributed by atoms with E-state index in [-0.39, 0.29) is 23.8 Å². The van der Waals surface area contributed by atoms with Crippen LogP contribution in [0.5, 0.6) is 11.5 Å². The van der Waals surface area contributed by atoms with Gasteiger partial charge in [0.25, 0.3) is 5.91 Å². The molecular formula is C20H24N4O5S. The Morgan fingerprint density at radius 1 is 1.17 bits per heavy atom. The lowest BCUT2D eigenvalue weighted by Gasteiger charge is -2.38. The lowest BCUT2D eigenvalue weighted by atomic mass is 9.92. The van der Waals surface area contributed by atoms with E-state index in [0.29, 0.717) is 42.6 Å². The molecule has 9 nitrogen and oxygen atoms in total. The van der Waals surface area contributed by atoms with Gasteiger partial charge in [-0.1, -0.05) is 17.8 Å². The van der Waals surface area contributed by atoms with Gasteiger partial charge in [0.05, 0.1) is 33.3 Å². The molecule has 1 aromatic carbocycles. The van der Waals surface area contributed by atoms with Crippen LogP contribution in [0.1, 0.15) is 29.2 Å². The van der Waals surface area contributed by atoms with Crippen molar-refractivity contribution in [3.63, 3.8) is 0 Å². The molecule has 1 saturated heterocycles. The molecule has 2 atom stereocenters. The van der Waals surface area contributed by atoms with Crippen molar-refractivity contribution >= 4 is 23.6 Å². The number of thioether (sulfide) groups is 1. The molecule has 2 unspecified atom stereocenters. The number of fused-ring (bicyclic) bond motifs is 1. The predicted octanol–water partition coefficient (Wildman–Crippen LogP) is 2.04. The molecule has 0 N–H and O–H groups in total. The number of nitrogens with zero attached hydrogens (tertiary/aromatic N) is 4. The van der Waals surface area contributed by atoms with E-state index in [1.54, 1.807) is 14.2 Å². The van der Waals surface area contributed by atoms with Crippen LogP contribution in [-0.4, -0.2) is 71.2 Å². The summed E-state index contributed by atoms with van der Waals surface area (Å²) in [4.78, 5) is 31.5. The number of esters is 1. The second-order valence-electron chi connectivity index (χ2n) is 7.22. The first-order valence-corrected chi connectivity index (χ1v) is 10.6. The van der Waals surface area contributed by atoms with Crippen LogP contribution >= 0.6 is 11.8 Å². The summed E-state index contributed by atoms with van der Waals surface area (Å²) in [6.45, 7) is 1.36. The number of methoxy groups -OCH3 is 3. The maximum absolute atomic E-state index is 13.1. The van der Waals surface area contributed by atoms with Crippen LogP contribution in [0.25, 0.3) is 0 Å². The third-order valence-corrected chi connectivity index (χ3v) is 6.90. The molecule has 0 saturated carbocycles. The highest BCUT2D eigenvalue weighted by atomic mass is 32.2. The van der Waals surface area contributed by atoms with E-state index < -0.39 is 5.25 Å². The van der Waals surface area contributed by atoms with E-state index in [1.165, 1.54) is 29.9 Å². The lowest BCUT2D eigenvalue weighted by Crippen LogP contribution is -2.44. The summed E-state index contributed by atoms with van der Waals surface area (Å²) in [5.74, 6) is 0.858. The summed E-state index contributed by atoms with van der Waals surface area (Å²) in [5, 5.41) is 4.27. The Bertz CT molecular complexity index is 941. The minimum Gasteiger partial charge on any atom is -0.493 e. The van der Waals surface area contributed by atoms with Crippen molar-refractivity contribution in [1.82, 2.24) is 19.7 Å². The molecule has 1 fully saturated rings. The molecule has 3 heterocycles. The first-order chi connectivity index (χ1) is 14.6. The van der Waals surface area contributed by atoms with Crippen LogP contribution < -0.4 is 9.47 Å². The van der Waals surface area contributed by atoms with Gasteiger partial charge in [0.15, 0.2) is 16.7 Å². The normalized spacial score (nSPS) is 20.6. The predicted molar refractivity (Wildman–Crippen MR) is 109 cm³/mol. The molecule has 4 rings (SSSR count). The topological polar surface area (TPSA) is 95.8 Å². The zero-order chi connectivity index (χ0) is 21.3. The number of carbonyl (C=O) groups is 2. The maximum atomic E-state index is 13.1. The first kappa shape index (κ1) is 20.7. The number of piperidine rings is 1. The van der Waals surface area contributed by atoms with Gasteiger partial charge in [-0.15, -0.1) is 0 Å². The fourth-order valence-electron chi connectivity index (χ4n) is 4.14. The molecular weight excluding hydrogens is 408 g/mol. The Morgan fingerprint density at radius 3 is 2.53 bits per heavy atom. The third-order valence-electron chi connectivity index (χ3n) is 5.69. The quantitative estimate of drug-likeness (QED) is 0.635. The standard InChI is InChI=1S/C20H24N4O5S/c1-27-14-5-4-13(10-15(14)28-2)16(17-18(25)24-20(30-17)21-11-22-24)23-8-6-12(7-9-23)19(26)29-3/h4-5,10-12,16-17H,6-9H2,1-3H3. The van der Waals surface area contributed by atoms with Gasteiger partial charge in [0, 0.05) is 0 Å². The average molecular weight is 433 g/mol. The highest BCUT2D eigenvalue weighted by Crippen LogP contribution is 2.43. The highest BCUT2D eigenvalue weighted by Gasteiger charge is 2.43. The molecule has 2 aliphatic heterocycles. The third kappa shape index (κ3) is 3.65. The van der Waals surface area contributed by atoms with E-state index in [0.717, 1.165) is 5.56 Å². The number of aromatic nitrogens is 3. The second kappa shape index (κ2) is 8.65. The van der Waals surface area contributed by atoms with Gasteiger partial charge in [-0.2, -0.15) is 9.78 Å². The van der Waals surface area contributed by atoms with Crippen LogP contribution in [0.15, 0.2) is 29.7 Å². The van der Waals surface area contributed by atoms with Crippen molar-refractivity contribution in [3.8, 4) is 11.5 Å². The van der Waals surface area contributed by atoms with Crippen molar-refractivity contribution in [3.05, 3.63) is 30.1 Å². The Hall–Kier alpha value is -2.59. The van der Waals surface area contributed by atoms with Gasteiger partial charge in [-0.25, -0.2) is 4.98 Å². The Kier molecular flexibility index (Phi) is 5.96. The molecule has 1 aromatic heterocycles. The van der Waals surface area contributed by atoms with Crippen molar-refractivity contribution in [2.24, 2.45) is 5.92 Å². The number of ether oxygens (including phenoxy) is 3. The monoisotopic (exact) mass is 432 g/mol. The Morgan fingerprint density at radius 2 is 1.90 bits per heavy atom. The van der Waals surface area contributed by atoms with Crippen LogP contribution in [0.4, 0.5) is 0 Å². The molecule has 30 heavy (non-hydrogen) atoms. The molecule has 0 bridgehead atoms. The Labute approximate surface area is 178 Å². The molecule has 2 aromatic rings. The summed E-state index contributed by atoms with van der Waals surface area (Å²) in [7, 11) is 4.60. The van der Waals surface area contributed by atoms with Crippen LogP contribution in [0, 0.1) is 5.92 Å². The fourth-order valence-corrected chi connectivity index (χ4v) is 5.37. The van der Waals surface area contributed by atoms with Gasteiger partial charge in [0.2, 0.25) is 0 Å². The largest absolute Gasteiger partial charge is 0.493 e. The highest BCUT2D eigenvalue weighted by molar-refractivity contribution is 8.00. The number of likely N-dealkylation sites (tertiary alicyclic amines) is 1. The minimum absolute atomic E-state index is 0.0950. The molecule has 2 aliphatic rings. The average Bonchev–Trinajstić information content (AvgIpc) is 3.37. The van der Waals surface area contributed by atoms with E-state index in [1.807, 2.05) is 18.2 Å². The fraction of sp³-hybridized carbons (Fsp3) is 0.500. The Balaban J connectivity index is 1.65. The molecule has 160 valence electrons. The number of rotatable bonds is 6. The second-order valence-corrected chi connectivity index (χ2v) is 8.33. The van der Waals surface area contributed by atoms with Crippen LogP contribution in [0.2, 0.25) is 0 Å². The van der Waals surface area contributed by atoms with Gasteiger partial charge in [0.1, 0.15) is 11.6 Å². The van der Waals surface area contributed by atoms with E-state index in [4.69, 9.17) is 14.2 Å². The van der Waals surface area contributed by atoms with Crippen molar-refractivity contribution in [2.75, 3.05) is 34.4 Å². The van der Waals surface area contributed by atoms with Gasteiger partial charge < -0.3 is 14.2 Å². The van der Waals surface area contributed by atoms with Crippen molar-refractivity contribution in [2.45, 2.75) is 29.3 Å². The molecule has 0 aliphatic carbocycles. The number of hydrogen-bond donors (Lipinski definition) is 0. The maximum Gasteiger partial charge on any atom is 0.308 e. The van der Waals surface area contributed by atoms with Crippen molar-refractivity contribution in [1.29, 1.82) is 0 Å². The molecule has 0 spiro atoms. The van der Waals surface area contributed by atoms with Gasteiger partial charge in [-0.3, -0.25) is 14.5 Å². The van der Waals surface area contributed by atoms with E-state index in [2.05, 4.69) is 15.0 Å². The van der Waals surface area contributed by atoms with Crippen molar-refractivity contribution < 1.29 is 23.8 Å². The molecule has 0 radical (unpaired) electrons. The minimum atomic E-state index is -0.394. The smallest absolute Gasteiger partial charge is 0.308 e. The lowest BCUT2D eigenvalue weighted by molar-refractivity contribution is -0.147. The van der Waals surface area contributed by atoms with Gasteiger partial charge >= 0.3 is 5.97 Å². The zero-order valence-electron chi connectivity index (χ0n) is 17.1. The summed E-state index contributed by atoms with van der Waals surface area (Å²) < 4.78 is 17.1. The van der Waals surface area contributed by atoms with Gasteiger partial charge in [-0.05, 0) is 43.6 Å². The molecule has 0 amide bonds. The SMILES string of the molecule is COC(=O)C1CCN(C(c2ccc(OC)c(OC)c2)C2Sc3ncnn3C2=O)CC1. The molecule has 10 heteroatoms. The van der Waals surface area contributed by atoms with E-state index >= 15 is 0 Å². The summed E-state index contributed by atoms with van der Waals surface area (Å²) in [5.41, 5.74) is 0.945. The van der Waals surface area contributed by atoms with Crippen LogP contribution in [0.3, 0.4) is 0 Å². The number of benzene rings is 1. The van der Waals surface area contributed by atoms with Crippen LogP contribution in [-0.2, 0) is 9.53 Å².